The molecule has 0 saturated heterocycles. The first-order valence-electron chi connectivity index (χ1n) is 18.6. The summed E-state index contributed by atoms with van der Waals surface area (Å²) >= 11 is 0. The number of benzene rings is 8. The van der Waals surface area contributed by atoms with Crippen LogP contribution in [0.2, 0.25) is 0 Å². The maximum Gasteiger partial charge on any atom is 0.164 e. The van der Waals surface area contributed by atoms with Crippen LogP contribution < -0.4 is 0 Å². The minimum Gasteiger partial charge on any atom is -0.344 e. The lowest BCUT2D eigenvalue weighted by Gasteiger charge is -2.10. The van der Waals surface area contributed by atoms with Crippen LogP contribution in [0.4, 0.5) is 0 Å². The van der Waals surface area contributed by atoms with Crippen LogP contribution in [0.3, 0.4) is 0 Å². The zero-order chi connectivity index (χ0) is 36.5. The average molecular weight is 704 g/mol. The first kappa shape index (κ1) is 31.2. The summed E-state index contributed by atoms with van der Waals surface area (Å²) in [6, 6.07) is 64.4. The highest BCUT2D eigenvalue weighted by molar-refractivity contribution is 6.19. The first-order valence-corrected chi connectivity index (χ1v) is 18.6. The van der Waals surface area contributed by atoms with Gasteiger partial charge < -0.3 is 9.13 Å². The topological polar surface area (TPSA) is 48.5 Å². The Bertz CT molecular complexity index is 3250. The van der Waals surface area contributed by atoms with E-state index in [1.807, 2.05) is 18.2 Å². The number of nitrogens with zero attached hydrogens (tertiary/aromatic N) is 5. The molecule has 0 atom stereocenters. The van der Waals surface area contributed by atoms with Gasteiger partial charge in [0.15, 0.2) is 17.5 Å². The summed E-state index contributed by atoms with van der Waals surface area (Å²) in [5.74, 6) is 1.92. The number of hydrogen-bond donors (Lipinski definition) is 0. The zero-order valence-electron chi connectivity index (χ0n) is 30.1. The van der Waals surface area contributed by atoms with Crippen molar-refractivity contribution in [2.24, 2.45) is 7.05 Å². The molecule has 0 aliphatic carbocycles. The third-order valence-electron chi connectivity index (χ3n) is 11.0. The molecular weight excluding hydrogens is 671 g/mol. The van der Waals surface area contributed by atoms with E-state index >= 15 is 0 Å². The van der Waals surface area contributed by atoms with Gasteiger partial charge in [-0.25, -0.2) is 15.0 Å². The Morgan fingerprint density at radius 2 is 0.836 bits per heavy atom. The third-order valence-corrected chi connectivity index (χ3v) is 11.0. The van der Waals surface area contributed by atoms with E-state index in [2.05, 4.69) is 180 Å². The molecule has 0 aliphatic rings. The molecule has 0 N–H and O–H groups in total. The summed E-state index contributed by atoms with van der Waals surface area (Å²) in [5, 5.41) is 7.13. The summed E-state index contributed by atoms with van der Waals surface area (Å²) in [5.41, 5.74) is 11.0. The fourth-order valence-electron chi connectivity index (χ4n) is 8.28. The molecule has 258 valence electrons. The summed E-state index contributed by atoms with van der Waals surface area (Å²) in [4.78, 5) is 15.5. The normalized spacial score (nSPS) is 11.7. The second-order valence-electron chi connectivity index (χ2n) is 14.1. The van der Waals surface area contributed by atoms with Crippen molar-refractivity contribution in [3.05, 3.63) is 182 Å². The van der Waals surface area contributed by atoms with Crippen LogP contribution in [0.1, 0.15) is 0 Å². The molecule has 0 fully saturated rings. The van der Waals surface area contributed by atoms with Crippen molar-refractivity contribution in [3.63, 3.8) is 0 Å². The number of hydrogen-bond acceptors (Lipinski definition) is 3. The van der Waals surface area contributed by atoms with Gasteiger partial charge >= 0.3 is 0 Å². The quantitative estimate of drug-likeness (QED) is 0.179. The zero-order valence-corrected chi connectivity index (χ0v) is 30.1. The molecule has 8 aromatic carbocycles. The SMILES string of the molecule is Cn1c2ccc(-c3ccccc3)cc2c2cc(-c3nc(-c4ccccc4)nc(-c4ccc5c(c4)c4ccc6ccccc6c4n5-c4ccccc4)n3)ccc21. The van der Waals surface area contributed by atoms with E-state index in [1.54, 1.807) is 0 Å². The number of para-hydroxylation sites is 1. The molecule has 11 rings (SSSR count). The summed E-state index contributed by atoms with van der Waals surface area (Å²) in [6.45, 7) is 0. The Balaban J connectivity index is 1.12. The summed E-state index contributed by atoms with van der Waals surface area (Å²) in [7, 11) is 2.13. The lowest BCUT2D eigenvalue weighted by atomic mass is 10.0. The Hall–Kier alpha value is -7.37. The van der Waals surface area contributed by atoms with E-state index in [1.165, 1.54) is 49.1 Å². The number of aryl methyl sites for hydroxylation is 1. The Morgan fingerprint density at radius 1 is 0.345 bits per heavy atom. The fourth-order valence-corrected chi connectivity index (χ4v) is 8.28. The molecule has 0 unspecified atom stereocenters. The maximum absolute atomic E-state index is 5.22. The fraction of sp³-hybridized carbons (Fsp3) is 0.0200. The molecule has 3 aromatic heterocycles. The minimum atomic E-state index is 0.636. The second kappa shape index (κ2) is 12.4. The average Bonchev–Trinajstić information content (AvgIpc) is 3.75. The molecule has 0 spiro atoms. The van der Waals surface area contributed by atoms with E-state index in [4.69, 9.17) is 15.0 Å². The van der Waals surface area contributed by atoms with Gasteiger partial charge in [0.25, 0.3) is 0 Å². The molecule has 5 heteroatoms. The molecule has 0 aliphatic heterocycles. The molecule has 11 aromatic rings. The van der Waals surface area contributed by atoms with Gasteiger partial charge in [-0.3, -0.25) is 0 Å². The van der Waals surface area contributed by atoms with Gasteiger partial charge in [0.05, 0.1) is 11.0 Å². The molecule has 0 bridgehead atoms. The van der Waals surface area contributed by atoms with E-state index in [0.29, 0.717) is 17.5 Å². The lowest BCUT2D eigenvalue weighted by Crippen LogP contribution is -2.00. The standard InChI is InChI=1S/C50H33N5/c1-54-44-26-22-35(32-13-5-2-6-14-32)29-42(44)43-31-36(23-27-45(43)54)49-51-48(34-16-7-3-8-17-34)52-50(53-49)37-24-28-46-41(30-37)40-25-21-33-15-11-12-20-39(33)47(40)55(46)38-18-9-4-10-19-38/h2-31H,1H3. The van der Waals surface area contributed by atoms with Crippen molar-refractivity contribution >= 4 is 54.4 Å². The molecule has 0 saturated carbocycles. The van der Waals surface area contributed by atoms with Crippen molar-refractivity contribution in [2.75, 3.05) is 0 Å². The number of aromatic nitrogens is 5. The Morgan fingerprint density at radius 3 is 1.49 bits per heavy atom. The first-order chi connectivity index (χ1) is 27.2. The van der Waals surface area contributed by atoms with E-state index in [9.17, 15) is 0 Å². The number of rotatable bonds is 5. The van der Waals surface area contributed by atoms with Crippen LogP contribution >= 0.6 is 0 Å². The molecule has 0 amide bonds. The summed E-state index contributed by atoms with van der Waals surface area (Å²) < 4.78 is 4.65. The predicted molar refractivity (Wildman–Crippen MR) is 227 cm³/mol. The van der Waals surface area contributed by atoms with Gasteiger partial charge in [0, 0.05) is 67.4 Å². The van der Waals surface area contributed by atoms with Gasteiger partial charge in [0.2, 0.25) is 0 Å². The van der Waals surface area contributed by atoms with Gasteiger partial charge in [-0.2, -0.15) is 0 Å². The Labute approximate surface area is 317 Å². The molecule has 5 nitrogen and oxygen atoms in total. The molecular formula is C50H33N5. The smallest absolute Gasteiger partial charge is 0.164 e. The highest BCUT2D eigenvalue weighted by atomic mass is 15.0. The van der Waals surface area contributed by atoms with E-state index < -0.39 is 0 Å². The monoisotopic (exact) mass is 703 g/mol. The number of fused-ring (bicyclic) bond motifs is 8. The van der Waals surface area contributed by atoms with Gasteiger partial charge in [-0.15, -0.1) is 0 Å². The van der Waals surface area contributed by atoms with Crippen LogP contribution in [-0.4, -0.2) is 24.1 Å². The van der Waals surface area contributed by atoms with Crippen LogP contribution in [0.15, 0.2) is 182 Å². The van der Waals surface area contributed by atoms with Crippen LogP contribution in [0, 0.1) is 0 Å². The van der Waals surface area contributed by atoms with Crippen LogP contribution in [0.5, 0.6) is 0 Å². The maximum atomic E-state index is 5.22. The van der Waals surface area contributed by atoms with Crippen molar-refractivity contribution in [1.82, 2.24) is 24.1 Å². The molecule has 3 heterocycles. The van der Waals surface area contributed by atoms with Gasteiger partial charge in [-0.05, 0) is 77.2 Å². The van der Waals surface area contributed by atoms with Crippen molar-refractivity contribution in [2.45, 2.75) is 0 Å². The van der Waals surface area contributed by atoms with Crippen molar-refractivity contribution < 1.29 is 0 Å². The highest BCUT2D eigenvalue weighted by Crippen LogP contribution is 2.39. The van der Waals surface area contributed by atoms with Gasteiger partial charge in [0.1, 0.15) is 0 Å². The lowest BCUT2D eigenvalue weighted by molar-refractivity contribution is 1.01. The molecule has 55 heavy (non-hydrogen) atoms. The van der Waals surface area contributed by atoms with Gasteiger partial charge in [-0.1, -0.05) is 121 Å². The highest BCUT2D eigenvalue weighted by Gasteiger charge is 2.19. The predicted octanol–water partition coefficient (Wildman–Crippen LogP) is 12.4. The van der Waals surface area contributed by atoms with Crippen LogP contribution in [0.25, 0.3) is 105 Å². The van der Waals surface area contributed by atoms with E-state index in [-0.39, 0.29) is 0 Å². The van der Waals surface area contributed by atoms with E-state index in [0.717, 1.165) is 38.8 Å². The minimum absolute atomic E-state index is 0.636. The Kier molecular flexibility index (Phi) is 7.01. The van der Waals surface area contributed by atoms with Crippen LogP contribution in [-0.2, 0) is 7.05 Å². The van der Waals surface area contributed by atoms with Crippen molar-refractivity contribution in [1.29, 1.82) is 0 Å². The van der Waals surface area contributed by atoms with Crippen molar-refractivity contribution in [3.8, 4) is 51.0 Å². The molecule has 0 radical (unpaired) electrons. The summed E-state index contributed by atoms with van der Waals surface area (Å²) in [6.07, 6.45) is 0. The second-order valence-corrected chi connectivity index (χ2v) is 14.1. The largest absolute Gasteiger partial charge is 0.344 e. The third kappa shape index (κ3) is 5.05.